The van der Waals surface area contributed by atoms with Crippen LogP contribution in [-0.4, -0.2) is 25.6 Å². The molecule has 0 spiro atoms. The molecule has 0 aliphatic carbocycles. The van der Waals surface area contributed by atoms with Gasteiger partial charge in [0.2, 0.25) is 10.0 Å². The summed E-state index contributed by atoms with van der Waals surface area (Å²) in [6, 6.07) is 9.77. The Kier molecular flexibility index (Phi) is 6.58. The lowest BCUT2D eigenvalue weighted by atomic mass is 10.1. The lowest BCUT2D eigenvalue weighted by Crippen LogP contribution is -2.17. The van der Waals surface area contributed by atoms with Gasteiger partial charge in [0.25, 0.3) is 5.91 Å². The maximum Gasteiger partial charge on any atom is 0.416 e. The van der Waals surface area contributed by atoms with Crippen molar-refractivity contribution in [2.45, 2.75) is 13.1 Å². The minimum atomic E-state index is -4.85. The lowest BCUT2D eigenvalue weighted by Gasteiger charge is -2.16. The zero-order valence-electron chi connectivity index (χ0n) is 17.3. The fourth-order valence-corrected chi connectivity index (χ4v) is 3.39. The highest BCUT2D eigenvalue weighted by atomic mass is 32.2. The van der Waals surface area contributed by atoms with Gasteiger partial charge in [0, 0.05) is 11.3 Å². The standard InChI is InChI=1S/C21H18F4N4O3S/c1-12-5-3-4-6-17(12)27-19-18(10-16(11-26-19)29-33(2,31)32)28-20(30)13-7-14(21(23,24)25)9-15(22)8-13/h3-11,29H,1-2H3,(H,26,27)(H,28,30). The fraction of sp³-hybridized carbons (Fsp3) is 0.143. The number of alkyl halides is 3. The zero-order chi connectivity index (χ0) is 24.4. The van der Waals surface area contributed by atoms with E-state index in [2.05, 4.69) is 20.3 Å². The Labute approximate surface area is 186 Å². The van der Waals surface area contributed by atoms with Crippen molar-refractivity contribution in [1.82, 2.24) is 4.98 Å². The Bertz CT molecular complexity index is 1310. The number of amides is 1. The van der Waals surface area contributed by atoms with Crippen LogP contribution < -0.4 is 15.4 Å². The molecule has 0 bridgehead atoms. The Hall–Kier alpha value is -3.67. The number of para-hydroxylation sites is 1. The van der Waals surface area contributed by atoms with Gasteiger partial charge in [-0.25, -0.2) is 17.8 Å². The van der Waals surface area contributed by atoms with Crippen molar-refractivity contribution in [1.29, 1.82) is 0 Å². The maximum absolute atomic E-state index is 13.7. The molecular weight excluding hydrogens is 464 g/mol. The summed E-state index contributed by atoms with van der Waals surface area (Å²) in [5.41, 5.74) is -0.500. The number of nitrogens with one attached hydrogen (secondary N) is 3. The van der Waals surface area contributed by atoms with Crippen molar-refractivity contribution in [3.8, 4) is 0 Å². The normalized spacial score (nSPS) is 11.7. The first kappa shape index (κ1) is 24.0. The number of carbonyl (C=O) groups is 1. The van der Waals surface area contributed by atoms with Crippen LogP contribution in [0.1, 0.15) is 21.5 Å². The van der Waals surface area contributed by atoms with Gasteiger partial charge in [0.1, 0.15) is 5.82 Å². The smallest absolute Gasteiger partial charge is 0.338 e. The average molecular weight is 482 g/mol. The third-order valence-electron chi connectivity index (χ3n) is 4.32. The third-order valence-corrected chi connectivity index (χ3v) is 4.93. The average Bonchev–Trinajstić information content (AvgIpc) is 2.69. The van der Waals surface area contributed by atoms with Crippen molar-refractivity contribution in [3.63, 3.8) is 0 Å². The minimum absolute atomic E-state index is 0.00152. The number of rotatable bonds is 6. The molecule has 0 saturated carbocycles. The van der Waals surface area contributed by atoms with E-state index >= 15 is 0 Å². The van der Waals surface area contributed by atoms with E-state index in [1.165, 1.54) is 12.3 Å². The number of aromatic nitrogens is 1. The second-order valence-electron chi connectivity index (χ2n) is 7.11. The number of hydrogen-bond acceptors (Lipinski definition) is 5. The SMILES string of the molecule is Cc1ccccc1Nc1ncc(NS(C)(=O)=O)cc1NC(=O)c1cc(F)cc(C(F)(F)F)c1. The van der Waals surface area contributed by atoms with Crippen LogP contribution >= 0.6 is 0 Å². The number of halogens is 4. The molecule has 12 heteroatoms. The quantitative estimate of drug-likeness (QED) is 0.434. The van der Waals surface area contributed by atoms with E-state index in [1.807, 2.05) is 13.0 Å². The van der Waals surface area contributed by atoms with E-state index in [0.717, 1.165) is 11.8 Å². The molecule has 7 nitrogen and oxygen atoms in total. The maximum atomic E-state index is 13.7. The van der Waals surface area contributed by atoms with Crippen LogP contribution in [0.3, 0.4) is 0 Å². The molecule has 0 saturated heterocycles. The summed E-state index contributed by atoms with van der Waals surface area (Å²) in [6.07, 6.45) is -2.74. The largest absolute Gasteiger partial charge is 0.416 e. The van der Waals surface area contributed by atoms with Crippen LogP contribution in [-0.2, 0) is 16.2 Å². The van der Waals surface area contributed by atoms with Crippen molar-refractivity contribution < 1.29 is 30.8 Å². The van der Waals surface area contributed by atoms with Gasteiger partial charge >= 0.3 is 6.18 Å². The second-order valence-corrected chi connectivity index (χ2v) is 8.86. The molecule has 1 amide bonds. The molecule has 3 aromatic rings. The van der Waals surface area contributed by atoms with Gasteiger partial charge in [-0.3, -0.25) is 9.52 Å². The fourth-order valence-electron chi connectivity index (χ4n) is 2.85. The van der Waals surface area contributed by atoms with Gasteiger partial charge in [0.05, 0.1) is 29.4 Å². The van der Waals surface area contributed by atoms with Crippen LogP contribution in [0.2, 0.25) is 0 Å². The number of carbonyl (C=O) groups excluding carboxylic acids is 1. The van der Waals surface area contributed by atoms with Gasteiger partial charge in [-0.1, -0.05) is 18.2 Å². The summed E-state index contributed by atoms with van der Waals surface area (Å²) in [5.74, 6) is -2.20. The number of benzene rings is 2. The first-order valence-corrected chi connectivity index (χ1v) is 11.2. The van der Waals surface area contributed by atoms with Gasteiger partial charge in [-0.05, 0) is 42.8 Å². The number of pyridine rings is 1. The summed E-state index contributed by atoms with van der Waals surface area (Å²) < 4.78 is 78.1. The van der Waals surface area contributed by atoms with Gasteiger partial charge < -0.3 is 10.6 Å². The number of hydrogen-bond donors (Lipinski definition) is 3. The molecule has 33 heavy (non-hydrogen) atoms. The highest BCUT2D eigenvalue weighted by Crippen LogP contribution is 2.32. The number of sulfonamides is 1. The van der Waals surface area contributed by atoms with E-state index in [9.17, 15) is 30.8 Å². The van der Waals surface area contributed by atoms with Gasteiger partial charge in [-0.2, -0.15) is 13.2 Å². The summed E-state index contributed by atoms with van der Waals surface area (Å²) in [4.78, 5) is 16.8. The summed E-state index contributed by atoms with van der Waals surface area (Å²) >= 11 is 0. The molecule has 3 rings (SSSR count). The molecule has 0 aliphatic rings. The first-order chi connectivity index (χ1) is 15.3. The summed E-state index contributed by atoms with van der Waals surface area (Å²) in [5, 5.41) is 5.34. The highest BCUT2D eigenvalue weighted by molar-refractivity contribution is 7.92. The molecule has 0 fully saturated rings. The Morgan fingerprint density at radius 1 is 1.03 bits per heavy atom. The van der Waals surface area contributed by atoms with Crippen LogP contribution in [0.4, 0.5) is 40.4 Å². The Balaban J connectivity index is 2.00. The highest BCUT2D eigenvalue weighted by Gasteiger charge is 2.32. The van der Waals surface area contributed by atoms with E-state index in [4.69, 9.17) is 0 Å². The zero-order valence-corrected chi connectivity index (χ0v) is 18.1. The van der Waals surface area contributed by atoms with Crippen molar-refractivity contribution in [2.75, 3.05) is 21.6 Å². The van der Waals surface area contributed by atoms with E-state index in [1.54, 1.807) is 18.2 Å². The third kappa shape index (κ3) is 6.42. The molecule has 1 heterocycles. The van der Waals surface area contributed by atoms with Crippen molar-refractivity contribution >= 4 is 38.8 Å². The molecule has 0 radical (unpaired) electrons. The molecule has 3 N–H and O–H groups in total. The molecule has 0 unspecified atom stereocenters. The van der Waals surface area contributed by atoms with Gasteiger partial charge in [0.15, 0.2) is 5.82 Å². The predicted octanol–water partition coefficient (Wildman–Crippen LogP) is 4.92. The minimum Gasteiger partial charge on any atom is -0.338 e. The van der Waals surface area contributed by atoms with E-state index < -0.39 is 39.1 Å². The predicted molar refractivity (Wildman–Crippen MR) is 117 cm³/mol. The molecular formula is C21H18F4N4O3S. The number of anilines is 4. The topological polar surface area (TPSA) is 100 Å². The second kappa shape index (κ2) is 9.06. The van der Waals surface area contributed by atoms with Crippen molar-refractivity contribution in [2.24, 2.45) is 0 Å². The summed E-state index contributed by atoms with van der Waals surface area (Å²) in [6.45, 7) is 1.81. The molecule has 1 aromatic heterocycles. The van der Waals surface area contributed by atoms with Gasteiger partial charge in [-0.15, -0.1) is 0 Å². The monoisotopic (exact) mass is 482 g/mol. The van der Waals surface area contributed by atoms with E-state index in [-0.39, 0.29) is 23.3 Å². The molecule has 2 aromatic carbocycles. The molecule has 0 aliphatic heterocycles. The van der Waals surface area contributed by atoms with Crippen LogP contribution in [0.5, 0.6) is 0 Å². The Morgan fingerprint density at radius 3 is 2.36 bits per heavy atom. The number of aryl methyl sites for hydroxylation is 1. The number of nitrogens with zero attached hydrogens (tertiary/aromatic N) is 1. The Morgan fingerprint density at radius 2 is 1.73 bits per heavy atom. The first-order valence-electron chi connectivity index (χ1n) is 9.31. The molecule has 174 valence electrons. The van der Waals surface area contributed by atoms with Crippen LogP contribution in [0.15, 0.2) is 54.7 Å². The molecule has 0 atom stereocenters. The summed E-state index contributed by atoms with van der Waals surface area (Å²) in [7, 11) is -3.68. The van der Waals surface area contributed by atoms with E-state index in [0.29, 0.717) is 17.8 Å². The van der Waals surface area contributed by atoms with Crippen LogP contribution in [0.25, 0.3) is 0 Å². The lowest BCUT2D eigenvalue weighted by molar-refractivity contribution is -0.137. The van der Waals surface area contributed by atoms with Crippen molar-refractivity contribution in [3.05, 3.63) is 77.2 Å². The van der Waals surface area contributed by atoms with Crippen LogP contribution in [0, 0.1) is 12.7 Å².